The number of carboxylic acids is 1. The number of benzene rings is 1. The van der Waals surface area contributed by atoms with E-state index in [4.69, 9.17) is 19.3 Å². The van der Waals surface area contributed by atoms with Gasteiger partial charge in [-0.2, -0.15) is 0 Å². The maximum atomic E-state index is 11.8. The lowest BCUT2D eigenvalue weighted by molar-refractivity contribution is -0.150. The zero-order valence-corrected chi connectivity index (χ0v) is 14.7. The highest BCUT2D eigenvalue weighted by Gasteiger charge is 2.26. The van der Waals surface area contributed by atoms with Crippen LogP contribution in [-0.4, -0.2) is 41.9 Å². The normalized spacial score (nSPS) is 12.0. The first-order valence-electron chi connectivity index (χ1n) is 7.61. The van der Waals surface area contributed by atoms with Gasteiger partial charge in [0.15, 0.2) is 0 Å². The highest BCUT2D eigenvalue weighted by atomic mass is 16.6. The second-order valence-corrected chi connectivity index (χ2v) is 6.25. The molecule has 0 aliphatic heterocycles. The van der Waals surface area contributed by atoms with Crippen LogP contribution in [0.25, 0.3) is 0 Å². The van der Waals surface area contributed by atoms with Gasteiger partial charge in [0, 0.05) is 0 Å². The summed E-state index contributed by atoms with van der Waals surface area (Å²) in [6.07, 6.45) is -1.42. The molecule has 1 rings (SSSR count). The maximum Gasteiger partial charge on any atom is 0.408 e. The lowest BCUT2D eigenvalue weighted by Crippen LogP contribution is -2.44. The first-order valence-corrected chi connectivity index (χ1v) is 7.61. The van der Waals surface area contributed by atoms with E-state index >= 15 is 0 Å². The number of esters is 1. The molecule has 1 atom stereocenters. The van der Waals surface area contributed by atoms with Gasteiger partial charge in [-0.3, -0.25) is 4.79 Å². The van der Waals surface area contributed by atoms with Gasteiger partial charge < -0.3 is 24.6 Å². The minimum absolute atomic E-state index is 0.0123. The third-order valence-corrected chi connectivity index (χ3v) is 2.92. The molecule has 138 valence electrons. The molecular formula is C17H23NO7. The van der Waals surface area contributed by atoms with Crippen LogP contribution >= 0.6 is 0 Å². The third kappa shape index (κ3) is 8.05. The largest absolute Gasteiger partial charge is 0.497 e. The zero-order valence-electron chi connectivity index (χ0n) is 14.7. The van der Waals surface area contributed by atoms with E-state index in [-0.39, 0.29) is 6.61 Å². The Labute approximate surface area is 146 Å². The van der Waals surface area contributed by atoms with Gasteiger partial charge in [-0.05, 0) is 38.5 Å². The van der Waals surface area contributed by atoms with Gasteiger partial charge in [-0.1, -0.05) is 12.1 Å². The number of nitrogens with one attached hydrogen (secondary N) is 1. The summed E-state index contributed by atoms with van der Waals surface area (Å²) in [5.41, 5.74) is -0.0525. The van der Waals surface area contributed by atoms with Gasteiger partial charge in [0.2, 0.25) is 0 Å². The molecule has 0 unspecified atom stereocenters. The van der Waals surface area contributed by atoms with Crippen LogP contribution in [0.1, 0.15) is 32.8 Å². The van der Waals surface area contributed by atoms with Crippen LogP contribution < -0.4 is 10.1 Å². The Morgan fingerprint density at radius 2 is 1.76 bits per heavy atom. The molecule has 0 fully saturated rings. The first-order chi connectivity index (χ1) is 11.6. The van der Waals surface area contributed by atoms with E-state index in [0.717, 1.165) is 5.56 Å². The smallest absolute Gasteiger partial charge is 0.408 e. The maximum absolute atomic E-state index is 11.8. The number of rotatable bonds is 7. The summed E-state index contributed by atoms with van der Waals surface area (Å²) in [5, 5.41) is 11.3. The van der Waals surface area contributed by atoms with Crippen LogP contribution in [-0.2, 0) is 25.7 Å². The molecule has 0 aromatic heterocycles. The standard InChI is InChI=1S/C17H23NO7/c1-17(2,3)25-16(22)18-13(15(20)21)9-14(19)24-10-11-5-7-12(23-4)8-6-11/h5-8,13H,9-10H2,1-4H3,(H,18,22)(H,20,21)/t13-/m0/s1. The topological polar surface area (TPSA) is 111 Å². The second kappa shape index (κ2) is 8.91. The van der Waals surface area contributed by atoms with Crippen molar-refractivity contribution in [2.75, 3.05) is 7.11 Å². The van der Waals surface area contributed by atoms with Gasteiger partial charge in [-0.15, -0.1) is 0 Å². The number of hydrogen-bond acceptors (Lipinski definition) is 6. The molecule has 2 N–H and O–H groups in total. The summed E-state index contributed by atoms with van der Waals surface area (Å²) in [5.74, 6) is -1.44. The summed E-state index contributed by atoms with van der Waals surface area (Å²) in [7, 11) is 1.54. The highest BCUT2D eigenvalue weighted by Crippen LogP contribution is 2.12. The van der Waals surface area contributed by atoms with Gasteiger partial charge in [0.05, 0.1) is 13.5 Å². The molecule has 0 bridgehead atoms. The van der Waals surface area contributed by atoms with Gasteiger partial charge in [0.1, 0.15) is 24.0 Å². The molecule has 0 radical (unpaired) electrons. The first kappa shape index (κ1) is 20.3. The molecule has 0 heterocycles. The molecule has 25 heavy (non-hydrogen) atoms. The van der Waals surface area contributed by atoms with Gasteiger partial charge in [-0.25, -0.2) is 9.59 Å². The average Bonchev–Trinajstić information content (AvgIpc) is 2.51. The lowest BCUT2D eigenvalue weighted by Gasteiger charge is -2.21. The Morgan fingerprint density at radius 1 is 1.16 bits per heavy atom. The second-order valence-electron chi connectivity index (χ2n) is 6.25. The number of aliphatic carboxylic acids is 1. The SMILES string of the molecule is COc1ccc(COC(=O)C[C@H](NC(=O)OC(C)(C)C)C(=O)O)cc1. The van der Waals surface area contributed by atoms with E-state index in [0.29, 0.717) is 5.75 Å². The van der Waals surface area contributed by atoms with Crippen LogP contribution in [0.2, 0.25) is 0 Å². The van der Waals surface area contributed by atoms with E-state index in [1.807, 2.05) is 0 Å². The molecule has 1 amide bonds. The van der Waals surface area contributed by atoms with Crippen molar-refractivity contribution in [2.24, 2.45) is 0 Å². The monoisotopic (exact) mass is 353 g/mol. The lowest BCUT2D eigenvalue weighted by atomic mass is 10.2. The molecule has 8 heteroatoms. The summed E-state index contributed by atoms with van der Waals surface area (Å²) < 4.78 is 15.0. The molecule has 1 aromatic rings. The molecular weight excluding hydrogens is 330 g/mol. The predicted molar refractivity (Wildman–Crippen MR) is 88.2 cm³/mol. The fourth-order valence-electron chi connectivity index (χ4n) is 1.76. The van der Waals surface area contributed by atoms with Crippen molar-refractivity contribution in [2.45, 2.75) is 45.4 Å². The van der Waals surface area contributed by atoms with E-state index in [9.17, 15) is 14.4 Å². The average molecular weight is 353 g/mol. The van der Waals surface area contributed by atoms with Crippen molar-refractivity contribution >= 4 is 18.0 Å². The Bertz CT molecular complexity index is 604. The summed E-state index contributed by atoms with van der Waals surface area (Å²) in [6, 6.07) is 5.44. The zero-order chi connectivity index (χ0) is 19.0. The molecule has 8 nitrogen and oxygen atoms in total. The molecule has 0 spiro atoms. The Morgan fingerprint density at radius 3 is 2.24 bits per heavy atom. The van der Waals surface area contributed by atoms with E-state index in [2.05, 4.69) is 5.32 Å². The summed E-state index contributed by atoms with van der Waals surface area (Å²) >= 11 is 0. The minimum Gasteiger partial charge on any atom is -0.497 e. The number of methoxy groups -OCH3 is 1. The molecule has 0 saturated carbocycles. The third-order valence-electron chi connectivity index (χ3n) is 2.92. The van der Waals surface area contributed by atoms with Gasteiger partial charge >= 0.3 is 18.0 Å². The van der Waals surface area contributed by atoms with Crippen molar-refractivity contribution in [3.05, 3.63) is 29.8 Å². The van der Waals surface area contributed by atoms with Crippen LogP contribution in [0, 0.1) is 0 Å². The Kier molecular flexibility index (Phi) is 7.22. The van der Waals surface area contributed by atoms with Crippen molar-refractivity contribution in [3.8, 4) is 5.75 Å². The summed E-state index contributed by atoms with van der Waals surface area (Å²) in [6.45, 7) is 4.92. The number of ether oxygens (including phenoxy) is 3. The number of alkyl carbamates (subject to hydrolysis) is 1. The molecule has 0 saturated heterocycles. The molecule has 0 aliphatic rings. The molecule has 0 aliphatic carbocycles. The number of hydrogen-bond donors (Lipinski definition) is 2. The fourth-order valence-corrected chi connectivity index (χ4v) is 1.76. The van der Waals surface area contributed by atoms with E-state index in [1.54, 1.807) is 52.1 Å². The van der Waals surface area contributed by atoms with Crippen LogP contribution in [0.15, 0.2) is 24.3 Å². The van der Waals surface area contributed by atoms with Crippen LogP contribution in [0.3, 0.4) is 0 Å². The van der Waals surface area contributed by atoms with Crippen LogP contribution in [0.5, 0.6) is 5.75 Å². The number of amides is 1. The quantitative estimate of drug-likeness (QED) is 0.722. The van der Waals surface area contributed by atoms with E-state index < -0.39 is 36.1 Å². The fraction of sp³-hybridized carbons (Fsp3) is 0.471. The van der Waals surface area contributed by atoms with E-state index in [1.165, 1.54) is 0 Å². The van der Waals surface area contributed by atoms with Crippen molar-refractivity contribution in [1.82, 2.24) is 5.32 Å². The molecule has 1 aromatic carbocycles. The van der Waals surface area contributed by atoms with Crippen molar-refractivity contribution in [1.29, 1.82) is 0 Å². The Hall–Kier alpha value is -2.77. The van der Waals surface area contributed by atoms with Gasteiger partial charge in [0.25, 0.3) is 0 Å². The number of carbonyl (C=O) groups excluding carboxylic acids is 2. The predicted octanol–water partition coefficient (Wildman–Crippen LogP) is 2.11. The van der Waals surface area contributed by atoms with Crippen molar-refractivity contribution in [3.63, 3.8) is 0 Å². The minimum atomic E-state index is -1.43. The highest BCUT2D eigenvalue weighted by molar-refractivity contribution is 5.85. The Balaban J connectivity index is 2.52. The number of carboxylic acid groups (broad SMARTS) is 1. The van der Waals surface area contributed by atoms with Crippen molar-refractivity contribution < 1.29 is 33.7 Å². The van der Waals surface area contributed by atoms with Crippen LogP contribution in [0.4, 0.5) is 4.79 Å². The summed E-state index contributed by atoms with van der Waals surface area (Å²) in [4.78, 5) is 34.6. The number of carbonyl (C=O) groups is 3.